The maximum absolute atomic E-state index is 6.31. The fourth-order valence-corrected chi connectivity index (χ4v) is 2.40. The summed E-state index contributed by atoms with van der Waals surface area (Å²) in [6, 6.07) is 1.78. The lowest BCUT2D eigenvalue weighted by molar-refractivity contribution is 0.327. The zero-order chi connectivity index (χ0) is 13.3. The van der Waals surface area contributed by atoms with Gasteiger partial charge in [-0.15, -0.1) is 0 Å². The van der Waals surface area contributed by atoms with Crippen LogP contribution in [-0.4, -0.2) is 26.3 Å². The van der Waals surface area contributed by atoms with Gasteiger partial charge in [0.2, 0.25) is 5.75 Å². The highest BCUT2D eigenvalue weighted by Gasteiger charge is 2.19. The smallest absolute Gasteiger partial charge is 0.204 e. The summed E-state index contributed by atoms with van der Waals surface area (Å²) < 4.78 is 16.8. The highest BCUT2D eigenvalue weighted by atomic mass is 127. The van der Waals surface area contributed by atoms with Gasteiger partial charge in [0.25, 0.3) is 0 Å². The average molecular weight is 380 g/mol. The van der Waals surface area contributed by atoms with E-state index in [1.165, 1.54) is 0 Å². The normalized spacial score (nSPS) is 10.5. The number of rotatable bonds is 3. The molecule has 0 saturated carbocycles. The first-order chi connectivity index (χ1) is 8.63. The molecule has 0 bridgehead atoms. The Bertz CT molecular complexity index is 604. The Morgan fingerprint density at radius 3 is 2.33 bits per heavy atom. The van der Waals surface area contributed by atoms with Crippen molar-refractivity contribution in [1.29, 1.82) is 0 Å². The second kappa shape index (κ2) is 5.36. The third kappa shape index (κ3) is 2.05. The first kappa shape index (κ1) is 13.5. The Labute approximate surface area is 123 Å². The summed E-state index contributed by atoms with van der Waals surface area (Å²) >= 11 is 8.44. The molecule has 0 saturated heterocycles. The van der Waals surface area contributed by atoms with Crippen molar-refractivity contribution in [2.45, 2.75) is 0 Å². The van der Waals surface area contributed by atoms with Crippen molar-refractivity contribution in [3.63, 3.8) is 0 Å². The van der Waals surface area contributed by atoms with Gasteiger partial charge >= 0.3 is 0 Å². The molecule has 2 rings (SSSR count). The predicted molar refractivity (Wildman–Crippen MR) is 79.1 cm³/mol. The van der Waals surface area contributed by atoms with E-state index in [4.69, 9.17) is 25.8 Å². The molecule has 2 aromatic rings. The molecular formula is C12H11ClINO3. The van der Waals surface area contributed by atoms with Crippen LogP contribution in [0.15, 0.2) is 12.3 Å². The van der Waals surface area contributed by atoms with Crippen molar-refractivity contribution in [2.75, 3.05) is 21.3 Å². The van der Waals surface area contributed by atoms with E-state index in [0.717, 1.165) is 8.96 Å². The van der Waals surface area contributed by atoms with Crippen molar-refractivity contribution in [3.8, 4) is 17.2 Å². The molecule has 0 aliphatic heterocycles. The topological polar surface area (TPSA) is 40.6 Å². The van der Waals surface area contributed by atoms with E-state index in [1.54, 1.807) is 33.6 Å². The molecule has 18 heavy (non-hydrogen) atoms. The first-order valence-electron chi connectivity index (χ1n) is 5.06. The van der Waals surface area contributed by atoms with E-state index < -0.39 is 0 Å². The summed E-state index contributed by atoms with van der Waals surface area (Å²) in [4.78, 5) is 4.33. The second-order valence-corrected chi connectivity index (χ2v) is 5.00. The summed E-state index contributed by atoms with van der Waals surface area (Å²) in [7, 11) is 4.69. The van der Waals surface area contributed by atoms with Crippen LogP contribution < -0.4 is 14.2 Å². The lowest BCUT2D eigenvalue weighted by Crippen LogP contribution is -1.97. The number of hydrogen-bond acceptors (Lipinski definition) is 4. The number of halogens is 2. The molecule has 0 N–H and O–H groups in total. The van der Waals surface area contributed by atoms with Crippen molar-refractivity contribution in [3.05, 3.63) is 20.9 Å². The minimum atomic E-state index is 0.512. The Hall–Kier alpha value is -0.950. The average Bonchev–Trinajstić information content (AvgIpc) is 2.40. The highest BCUT2D eigenvalue weighted by molar-refractivity contribution is 14.1. The van der Waals surface area contributed by atoms with Gasteiger partial charge in [-0.25, -0.2) is 0 Å². The molecule has 0 atom stereocenters. The number of fused-ring (bicyclic) bond motifs is 1. The lowest BCUT2D eigenvalue weighted by Gasteiger charge is -2.15. The summed E-state index contributed by atoms with van der Waals surface area (Å²) in [5.74, 6) is 1.60. The molecule has 96 valence electrons. The maximum Gasteiger partial charge on any atom is 0.204 e. The molecule has 1 aromatic heterocycles. The minimum Gasteiger partial charge on any atom is -0.493 e. The van der Waals surface area contributed by atoms with Crippen LogP contribution in [0.1, 0.15) is 0 Å². The molecular weight excluding hydrogens is 368 g/mol. The molecule has 0 aliphatic carbocycles. The summed E-state index contributed by atoms with van der Waals surface area (Å²) in [5, 5.41) is 1.32. The Morgan fingerprint density at radius 2 is 1.78 bits per heavy atom. The van der Waals surface area contributed by atoms with Gasteiger partial charge in [0.05, 0.1) is 40.8 Å². The molecule has 1 heterocycles. The Morgan fingerprint density at radius 1 is 1.11 bits per heavy atom. The van der Waals surface area contributed by atoms with Gasteiger partial charge in [-0.05, 0) is 22.6 Å². The quantitative estimate of drug-likeness (QED) is 0.765. The van der Waals surface area contributed by atoms with Crippen molar-refractivity contribution < 1.29 is 14.2 Å². The Balaban J connectivity index is 2.93. The van der Waals surface area contributed by atoms with Crippen LogP contribution in [-0.2, 0) is 0 Å². The second-order valence-electron chi connectivity index (χ2n) is 3.46. The predicted octanol–water partition coefficient (Wildman–Crippen LogP) is 3.52. The number of nitrogens with zero attached hydrogens (tertiary/aromatic N) is 1. The maximum atomic E-state index is 6.31. The molecule has 4 nitrogen and oxygen atoms in total. The number of pyridine rings is 1. The molecule has 0 amide bonds. The fraction of sp³-hybridized carbons (Fsp3) is 0.250. The number of ether oxygens (including phenoxy) is 3. The molecule has 6 heteroatoms. The molecule has 0 radical (unpaired) electrons. The largest absolute Gasteiger partial charge is 0.493 e. The third-order valence-electron chi connectivity index (χ3n) is 2.56. The lowest BCUT2D eigenvalue weighted by atomic mass is 10.1. The molecule has 0 aliphatic rings. The highest BCUT2D eigenvalue weighted by Crippen LogP contribution is 2.45. The van der Waals surface area contributed by atoms with Crippen molar-refractivity contribution in [1.82, 2.24) is 4.98 Å². The van der Waals surface area contributed by atoms with Gasteiger partial charge in [-0.2, -0.15) is 0 Å². The van der Waals surface area contributed by atoms with Crippen LogP contribution in [0.25, 0.3) is 10.9 Å². The molecule has 0 unspecified atom stereocenters. The van der Waals surface area contributed by atoms with Gasteiger partial charge in [0, 0.05) is 12.3 Å². The van der Waals surface area contributed by atoms with E-state index in [-0.39, 0.29) is 0 Å². The molecule has 1 aromatic carbocycles. The van der Waals surface area contributed by atoms with Gasteiger partial charge < -0.3 is 14.2 Å². The van der Waals surface area contributed by atoms with Crippen LogP contribution in [0.5, 0.6) is 17.2 Å². The third-order valence-corrected chi connectivity index (χ3v) is 4.08. The van der Waals surface area contributed by atoms with Gasteiger partial charge in [-0.1, -0.05) is 11.6 Å². The van der Waals surface area contributed by atoms with Crippen LogP contribution in [0, 0.1) is 3.57 Å². The monoisotopic (exact) mass is 379 g/mol. The standard InChI is InChI=1S/C12H11ClINO3/c1-16-8-4-7-9(10(13)6(14)5-15-7)12(18-3)11(8)17-2/h4-5H,1-3H3. The minimum absolute atomic E-state index is 0.512. The van der Waals surface area contributed by atoms with E-state index in [9.17, 15) is 0 Å². The number of aromatic nitrogens is 1. The fourth-order valence-electron chi connectivity index (χ4n) is 1.76. The van der Waals surface area contributed by atoms with E-state index in [2.05, 4.69) is 27.6 Å². The van der Waals surface area contributed by atoms with E-state index >= 15 is 0 Å². The number of hydrogen-bond donors (Lipinski definition) is 0. The van der Waals surface area contributed by atoms with Crippen LogP contribution in [0.4, 0.5) is 0 Å². The van der Waals surface area contributed by atoms with Crippen molar-refractivity contribution >= 4 is 45.1 Å². The van der Waals surface area contributed by atoms with Crippen LogP contribution >= 0.6 is 34.2 Å². The summed E-state index contributed by atoms with van der Waals surface area (Å²) in [5.41, 5.74) is 0.704. The number of benzene rings is 1. The zero-order valence-corrected chi connectivity index (χ0v) is 13.0. The van der Waals surface area contributed by atoms with E-state index in [1.807, 2.05) is 0 Å². The molecule has 0 fully saturated rings. The molecule has 0 spiro atoms. The van der Waals surface area contributed by atoms with Gasteiger partial charge in [0.15, 0.2) is 11.5 Å². The van der Waals surface area contributed by atoms with E-state index in [0.29, 0.717) is 27.8 Å². The summed E-state index contributed by atoms with van der Waals surface area (Å²) in [6.45, 7) is 0. The zero-order valence-electron chi connectivity index (χ0n) is 10.1. The van der Waals surface area contributed by atoms with Crippen LogP contribution in [0.2, 0.25) is 5.02 Å². The number of methoxy groups -OCH3 is 3. The Kier molecular flexibility index (Phi) is 4.01. The summed E-state index contributed by atoms with van der Waals surface area (Å²) in [6.07, 6.45) is 1.70. The van der Waals surface area contributed by atoms with Gasteiger partial charge in [-0.3, -0.25) is 4.98 Å². The first-order valence-corrected chi connectivity index (χ1v) is 6.52. The van der Waals surface area contributed by atoms with Crippen LogP contribution in [0.3, 0.4) is 0 Å². The van der Waals surface area contributed by atoms with Crippen molar-refractivity contribution in [2.24, 2.45) is 0 Å². The van der Waals surface area contributed by atoms with Gasteiger partial charge in [0.1, 0.15) is 0 Å². The SMILES string of the molecule is COc1cc2ncc(I)c(Cl)c2c(OC)c1OC.